The highest BCUT2D eigenvalue weighted by Gasteiger charge is 2.30. The highest BCUT2D eigenvalue weighted by Crippen LogP contribution is 2.26. The Balaban J connectivity index is 1.50. The van der Waals surface area contributed by atoms with Crippen LogP contribution in [0, 0.1) is 13.8 Å². The molecule has 0 radical (unpaired) electrons. The Morgan fingerprint density at radius 3 is 2.63 bits per heavy atom. The molecular weight excluding hydrogens is 340 g/mol. The number of ether oxygens (including phenoxy) is 1. The number of pyridine rings is 1. The normalized spacial score (nSPS) is 20.7. The fraction of sp³-hybridized carbons (Fsp3) is 0.381. The molecular formula is C21H24N4O2. The van der Waals surface area contributed by atoms with Crippen molar-refractivity contribution < 1.29 is 9.26 Å². The number of rotatable bonds is 4. The van der Waals surface area contributed by atoms with Gasteiger partial charge in [-0.05, 0) is 38.0 Å². The number of hydrogen-bond acceptors (Lipinski definition) is 6. The van der Waals surface area contributed by atoms with Crippen LogP contribution in [0.2, 0.25) is 0 Å². The number of nitrogens with zero attached hydrogens (tertiary/aromatic N) is 4. The van der Waals surface area contributed by atoms with Gasteiger partial charge >= 0.3 is 0 Å². The molecule has 27 heavy (non-hydrogen) atoms. The molecule has 0 unspecified atom stereocenters. The summed E-state index contributed by atoms with van der Waals surface area (Å²) in [6.07, 6.45) is -0.101. The van der Waals surface area contributed by atoms with Gasteiger partial charge in [-0.25, -0.2) is 4.98 Å². The van der Waals surface area contributed by atoms with Crippen LogP contribution >= 0.6 is 0 Å². The lowest BCUT2D eigenvalue weighted by atomic mass is 10.1. The maximum Gasteiger partial charge on any atom is 0.276 e. The first-order chi connectivity index (χ1) is 13.1. The van der Waals surface area contributed by atoms with Crippen LogP contribution in [0.3, 0.4) is 0 Å². The van der Waals surface area contributed by atoms with Crippen LogP contribution in [0.1, 0.15) is 35.7 Å². The van der Waals surface area contributed by atoms with Crippen LogP contribution in [0.25, 0.3) is 11.6 Å². The van der Waals surface area contributed by atoms with Crippen molar-refractivity contribution in [2.24, 2.45) is 0 Å². The Kier molecular flexibility index (Phi) is 5.01. The minimum Gasteiger partial charge on any atom is -0.364 e. The Morgan fingerprint density at radius 2 is 1.85 bits per heavy atom. The molecule has 0 aliphatic carbocycles. The summed E-state index contributed by atoms with van der Waals surface area (Å²) in [7, 11) is 0. The van der Waals surface area contributed by atoms with Crippen LogP contribution in [-0.4, -0.2) is 39.2 Å². The van der Waals surface area contributed by atoms with Gasteiger partial charge in [0.15, 0.2) is 0 Å². The van der Waals surface area contributed by atoms with Gasteiger partial charge in [-0.2, -0.15) is 4.98 Å². The zero-order valence-corrected chi connectivity index (χ0v) is 15.9. The van der Waals surface area contributed by atoms with E-state index < -0.39 is 0 Å². The van der Waals surface area contributed by atoms with E-state index in [4.69, 9.17) is 9.26 Å². The molecule has 140 valence electrons. The van der Waals surface area contributed by atoms with Gasteiger partial charge in [0.1, 0.15) is 11.8 Å². The SMILES string of the molecule is Cc1ccc(-c2nc([C@@H]3CN(Cc4ccccc4)C[C@@H](C)O3)no2)nc1C. The lowest BCUT2D eigenvalue weighted by molar-refractivity contribution is -0.0856. The minimum absolute atomic E-state index is 0.106. The molecule has 0 spiro atoms. The number of aromatic nitrogens is 3. The smallest absolute Gasteiger partial charge is 0.276 e. The quantitative estimate of drug-likeness (QED) is 0.703. The first kappa shape index (κ1) is 17.8. The average molecular weight is 364 g/mol. The number of benzene rings is 1. The molecule has 1 fully saturated rings. The minimum atomic E-state index is -0.207. The van der Waals surface area contributed by atoms with E-state index in [-0.39, 0.29) is 12.2 Å². The molecule has 0 bridgehead atoms. The van der Waals surface area contributed by atoms with E-state index in [1.54, 1.807) is 0 Å². The number of morpholine rings is 1. The van der Waals surface area contributed by atoms with Gasteiger partial charge in [0.25, 0.3) is 5.89 Å². The molecule has 0 saturated carbocycles. The fourth-order valence-corrected chi connectivity index (χ4v) is 3.37. The van der Waals surface area contributed by atoms with Crippen molar-refractivity contribution in [3.8, 4) is 11.6 Å². The van der Waals surface area contributed by atoms with Gasteiger partial charge in [0.2, 0.25) is 5.82 Å². The predicted octanol–water partition coefficient (Wildman–Crippen LogP) is 3.71. The standard InChI is InChI=1S/C21H24N4O2/c1-14-9-10-18(22-16(14)3)21-23-20(24-27-21)19-13-25(11-15(2)26-19)12-17-7-5-4-6-8-17/h4-10,15,19H,11-13H2,1-3H3/t15-,19+/m1/s1. The Labute approximate surface area is 159 Å². The highest BCUT2D eigenvalue weighted by molar-refractivity contribution is 5.47. The summed E-state index contributed by atoms with van der Waals surface area (Å²) in [6, 6.07) is 14.4. The number of aryl methyl sites for hydroxylation is 2. The summed E-state index contributed by atoms with van der Waals surface area (Å²) in [5.74, 6) is 1.01. The second-order valence-electron chi connectivity index (χ2n) is 7.17. The summed E-state index contributed by atoms with van der Waals surface area (Å²) < 4.78 is 11.6. The zero-order chi connectivity index (χ0) is 18.8. The topological polar surface area (TPSA) is 64.3 Å². The summed E-state index contributed by atoms with van der Waals surface area (Å²) in [6.45, 7) is 8.59. The van der Waals surface area contributed by atoms with Crippen molar-refractivity contribution in [3.63, 3.8) is 0 Å². The van der Waals surface area contributed by atoms with E-state index in [9.17, 15) is 0 Å². The molecule has 2 atom stereocenters. The van der Waals surface area contributed by atoms with Crippen molar-refractivity contribution in [2.75, 3.05) is 13.1 Å². The Bertz CT molecular complexity index is 910. The van der Waals surface area contributed by atoms with Gasteiger partial charge in [-0.15, -0.1) is 0 Å². The third-order valence-corrected chi connectivity index (χ3v) is 4.88. The van der Waals surface area contributed by atoms with Gasteiger partial charge in [-0.1, -0.05) is 41.6 Å². The van der Waals surface area contributed by atoms with E-state index in [0.29, 0.717) is 17.4 Å². The molecule has 1 aromatic carbocycles. The second-order valence-corrected chi connectivity index (χ2v) is 7.17. The molecule has 3 aromatic rings. The van der Waals surface area contributed by atoms with Crippen molar-refractivity contribution in [1.82, 2.24) is 20.0 Å². The van der Waals surface area contributed by atoms with Crippen LogP contribution in [0.5, 0.6) is 0 Å². The van der Waals surface area contributed by atoms with E-state index in [0.717, 1.165) is 30.9 Å². The largest absolute Gasteiger partial charge is 0.364 e. The van der Waals surface area contributed by atoms with Gasteiger partial charge in [0.05, 0.1) is 6.10 Å². The van der Waals surface area contributed by atoms with Crippen molar-refractivity contribution in [1.29, 1.82) is 0 Å². The van der Waals surface area contributed by atoms with E-state index >= 15 is 0 Å². The van der Waals surface area contributed by atoms with Crippen LogP contribution in [-0.2, 0) is 11.3 Å². The lowest BCUT2D eigenvalue weighted by Crippen LogP contribution is -2.42. The van der Waals surface area contributed by atoms with Crippen LogP contribution in [0.4, 0.5) is 0 Å². The van der Waals surface area contributed by atoms with Gasteiger partial charge in [0, 0.05) is 25.3 Å². The van der Waals surface area contributed by atoms with Crippen LogP contribution < -0.4 is 0 Å². The first-order valence-corrected chi connectivity index (χ1v) is 9.28. The lowest BCUT2D eigenvalue weighted by Gasteiger charge is -2.35. The van der Waals surface area contributed by atoms with E-state index in [1.165, 1.54) is 5.56 Å². The summed E-state index contributed by atoms with van der Waals surface area (Å²) in [5.41, 5.74) is 4.09. The summed E-state index contributed by atoms with van der Waals surface area (Å²) in [4.78, 5) is 11.5. The molecule has 3 heterocycles. The molecule has 1 aliphatic rings. The Hall–Kier alpha value is -2.57. The Morgan fingerprint density at radius 1 is 1.04 bits per heavy atom. The molecule has 1 aliphatic heterocycles. The third-order valence-electron chi connectivity index (χ3n) is 4.88. The van der Waals surface area contributed by atoms with Gasteiger partial charge in [-0.3, -0.25) is 4.90 Å². The highest BCUT2D eigenvalue weighted by atomic mass is 16.5. The van der Waals surface area contributed by atoms with Gasteiger partial charge < -0.3 is 9.26 Å². The zero-order valence-electron chi connectivity index (χ0n) is 15.9. The maximum absolute atomic E-state index is 6.09. The molecule has 0 amide bonds. The van der Waals surface area contributed by atoms with E-state index in [1.807, 2.05) is 32.0 Å². The third kappa shape index (κ3) is 4.07. The van der Waals surface area contributed by atoms with Crippen molar-refractivity contribution in [2.45, 2.75) is 39.5 Å². The maximum atomic E-state index is 6.09. The fourth-order valence-electron chi connectivity index (χ4n) is 3.37. The average Bonchev–Trinajstić information content (AvgIpc) is 3.15. The molecule has 0 N–H and O–H groups in total. The molecule has 6 heteroatoms. The molecule has 2 aromatic heterocycles. The van der Waals surface area contributed by atoms with Crippen molar-refractivity contribution >= 4 is 0 Å². The number of hydrogen-bond donors (Lipinski definition) is 0. The first-order valence-electron chi connectivity index (χ1n) is 9.28. The molecule has 6 nitrogen and oxygen atoms in total. The summed E-state index contributed by atoms with van der Waals surface area (Å²) >= 11 is 0. The summed E-state index contributed by atoms with van der Waals surface area (Å²) in [5, 5.41) is 4.17. The molecule has 4 rings (SSSR count). The van der Waals surface area contributed by atoms with Crippen LogP contribution in [0.15, 0.2) is 47.0 Å². The van der Waals surface area contributed by atoms with Crippen molar-refractivity contribution in [3.05, 3.63) is 65.1 Å². The predicted molar refractivity (Wildman–Crippen MR) is 102 cm³/mol. The monoisotopic (exact) mass is 364 g/mol. The van der Waals surface area contributed by atoms with E-state index in [2.05, 4.69) is 51.2 Å². The molecule has 1 saturated heterocycles. The second kappa shape index (κ2) is 7.58.